The van der Waals surface area contributed by atoms with E-state index in [0.717, 1.165) is 30.8 Å². The Kier molecular flexibility index (Phi) is 10.0. The average Bonchev–Trinajstić information content (AvgIpc) is 2.63. The molecule has 0 aromatic heterocycles. The Bertz CT molecular complexity index is 489. The summed E-state index contributed by atoms with van der Waals surface area (Å²) in [6, 6.07) is 8.02. The number of aliphatic hydroxyl groups excluding tert-OH is 1. The summed E-state index contributed by atoms with van der Waals surface area (Å²) in [6.45, 7) is 4.64. The number of carbonyl (C=O) groups excluding carboxylic acids is 1. The number of aryl methyl sites for hydroxylation is 1. The van der Waals surface area contributed by atoms with Gasteiger partial charge in [0, 0.05) is 0 Å². The summed E-state index contributed by atoms with van der Waals surface area (Å²) in [6.07, 6.45) is 6.99. The van der Waals surface area contributed by atoms with Crippen molar-refractivity contribution in [1.82, 2.24) is 5.32 Å². The number of benzene rings is 1. The van der Waals surface area contributed by atoms with Crippen molar-refractivity contribution < 1.29 is 19.4 Å². The van der Waals surface area contributed by atoms with E-state index in [4.69, 9.17) is 4.74 Å². The van der Waals surface area contributed by atoms with Crippen LogP contribution in [0.4, 0.5) is 4.79 Å². The lowest BCUT2D eigenvalue weighted by atomic mass is 9.94. The highest BCUT2D eigenvalue weighted by atomic mass is 16.5. The maximum atomic E-state index is 11.4. The lowest BCUT2D eigenvalue weighted by molar-refractivity contribution is 0.128. The highest BCUT2D eigenvalue weighted by Crippen LogP contribution is 2.18. The van der Waals surface area contributed by atoms with E-state index in [2.05, 4.69) is 17.0 Å². The number of ether oxygens (including phenoxy) is 2. The summed E-state index contributed by atoms with van der Waals surface area (Å²) in [5.41, 5.74) is 0.447. The zero-order valence-electron chi connectivity index (χ0n) is 15.8. The van der Waals surface area contributed by atoms with Crippen LogP contribution in [0.2, 0.25) is 0 Å². The lowest BCUT2D eigenvalue weighted by Gasteiger charge is -2.28. The van der Waals surface area contributed by atoms with Crippen LogP contribution in [0.5, 0.6) is 5.75 Å². The van der Waals surface area contributed by atoms with Crippen molar-refractivity contribution in [2.24, 2.45) is 0 Å². The molecular formula is C20H33NO4. The largest absolute Gasteiger partial charge is 0.494 e. The molecule has 1 amide bonds. The van der Waals surface area contributed by atoms with Crippen LogP contribution >= 0.6 is 0 Å². The molecule has 0 heterocycles. The van der Waals surface area contributed by atoms with Crippen LogP contribution in [0.25, 0.3) is 0 Å². The van der Waals surface area contributed by atoms with Crippen LogP contribution in [0.15, 0.2) is 24.3 Å². The molecular weight excluding hydrogens is 318 g/mol. The van der Waals surface area contributed by atoms with Crippen LogP contribution in [-0.2, 0) is 11.2 Å². The first-order valence-corrected chi connectivity index (χ1v) is 9.21. The Balaban J connectivity index is 2.37. The van der Waals surface area contributed by atoms with Gasteiger partial charge in [-0.2, -0.15) is 0 Å². The van der Waals surface area contributed by atoms with Crippen molar-refractivity contribution in [2.75, 3.05) is 20.3 Å². The maximum Gasteiger partial charge on any atom is 0.407 e. The molecule has 0 saturated heterocycles. The molecule has 0 aliphatic heterocycles. The fourth-order valence-corrected chi connectivity index (χ4v) is 2.55. The van der Waals surface area contributed by atoms with Crippen molar-refractivity contribution in [1.29, 1.82) is 0 Å². The Morgan fingerprint density at radius 2 is 1.84 bits per heavy atom. The standard InChI is InChI=1S/C20H33NO4/c1-4-5-6-7-8-15-25-18-11-9-17(10-12-18)13-14-20(2,16-22)21-19(23)24-3/h9-12,22H,4-8,13-16H2,1-3H3,(H,21,23). The Morgan fingerprint density at radius 3 is 2.44 bits per heavy atom. The SMILES string of the molecule is CCCCCCCOc1ccc(CCC(C)(CO)NC(=O)OC)cc1. The monoisotopic (exact) mass is 351 g/mol. The van der Waals surface area contributed by atoms with Gasteiger partial charge in [0.1, 0.15) is 5.75 Å². The third-order valence-electron chi connectivity index (χ3n) is 4.34. The molecule has 1 unspecified atom stereocenters. The minimum Gasteiger partial charge on any atom is -0.494 e. The van der Waals surface area contributed by atoms with Gasteiger partial charge in [-0.25, -0.2) is 4.79 Å². The average molecular weight is 351 g/mol. The van der Waals surface area contributed by atoms with Gasteiger partial charge in [-0.15, -0.1) is 0 Å². The number of aliphatic hydroxyl groups is 1. The molecule has 2 N–H and O–H groups in total. The number of amides is 1. The number of carbonyl (C=O) groups is 1. The molecule has 0 bridgehead atoms. The smallest absolute Gasteiger partial charge is 0.407 e. The molecule has 1 rings (SSSR count). The van der Waals surface area contributed by atoms with E-state index in [0.29, 0.717) is 6.42 Å². The van der Waals surface area contributed by atoms with Crippen LogP contribution in [0.3, 0.4) is 0 Å². The Morgan fingerprint density at radius 1 is 1.16 bits per heavy atom. The summed E-state index contributed by atoms with van der Waals surface area (Å²) >= 11 is 0. The molecule has 0 aliphatic rings. The summed E-state index contributed by atoms with van der Waals surface area (Å²) < 4.78 is 10.4. The topological polar surface area (TPSA) is 67.8 Å². The predicted molar refractivity (Wildman–Crippen MR) is 100 cm³/mol. The number of methoxy groups -OCH3 is 1. The van der Waals surface area contributed by atoms with E-state index >= 15 is 0 Å². The van der Waals surface area contributed by atoms with E-state index in [1.165, 1.54) is 32.8 Å². The molecule has 0 radical (unpaired) electrons. The van der Waals surface area contributed by atoms with Gasteiger partial charge in [-0.1, -0.05) is 44.7 Å². The van der Waals surface area contributed by atoms with Crippen molar-refractivity contribution in [3.8, 4) is 5.75 Å². The second-order valence-electron chi connectivity index (χ2n) is 6.74. The minimum atomic E-state index is -0.694. The predicted octanol–water partition coefficient (Wildman–Crippen LogP) is 4.08. The first kappa shape index (κ1) is 21.3. The highest BCUT2D eigenvalue weighted by Gasteiger charge is 2.25. The van der Waals surface area contributed by atoms with Crippen LogP contribution in [-0.4, -0.2) is 37.1 Å². The zero-order valence-corrected chi connectivity index (χ0v) is 15.8. The van der Waals surface area contributed by atoms with Gasteiger partial charge in [0.05, 0.1) is 25.9 Å². The molecule has 1 aromatic carbocycles. The van der Waals surface area contributed by atoms with Gasteiger partial charge >= 0.3 is 6.09 Å². The van der Waals surface area contributed by atoms with Gasteiger partial charge < -0.3 is 19.9 Å². The van der Waals surface area contributed by atoms with Crippen molar-refractivity contribution in [3.05, 3.63) is 29.8 Å². The summed E-state index contributed by atoms with van der Waals surface area (Å²) in [5.74, 6) is 0.886. The molecule has 0 spiro atoms. The molecule has 0 saturated carbocycles. The van der Waals surface area contributed by atoms with E-state index in [1.54, 1.807) is 6.92 Å². The number of hydrogen-bond donors (Lipinski definition) is 2. The normalized spacial score (nSPS) is 13.1. The third kappa shape index (κ3) is 8.77. The second kappa shape index (κ2) is 11.7. The minimum absolute atomic E-state index is 0.138. The summed E-state index contributed by atoms with van der Waals surface area (Å²) in [7, 11) is 1.32. The Hall–Kier alpha value is -1.75. The van der Waals surface area contributed by atoms with Crippen LogP contribution in [0, 0.1) is 0 Å². The Labute approximate surface area is 151 Å². The molecule has 25 heavy (non-hydrogen) atoms. The van der Waals surface area contributed by atoms with E-state index < -0.39 is 11.6 Å². The summed E-state index contributed by atoms with van der Waals surface area (Å²) in [5, 5.41) is 12.2. The molecule has 5 heteroatoms. The fraction of sp³-hybridized carbons (Fsp3) is 0.650. The highest BCUT2D eigenvalue weighted by molar-refractivity contribution is 5.68. The third-order valence-corrected chi connectivity index (χ3v) is 4.34. The number of alkyl carbamates (subject to hydrolysis) is 1. The number of hydrogen-bond acceptors (Lipinski definition) is 4. The fourth-order valence-electron chi connectivity index (χ4n) is 2.55. The number of unbranched alkanes of at least 4 members (excludes halogenated alkanes) is 4. The second-order valence-corrected chi connectivity index (χ2v) is 6.74. The quantitative estimate of drug-likeness (QED) is 0.557. The van der Waals surface area contributed by atoms with Crippen molar-refractivity contribution in [3.63, 3.8) is 0 Å². The van der Waals surface area contributed by atoms with Gasteiger partial charge in [0.15, 0.2) is 0 Å². The van der Waals surface area contributed by atoms with E-state index in [9.17, 15) is 9.90 Å². The van der Waals surface area contributed by atoms with Gasteiger partial charge in [-0.3, -0.25) is 0 Å². The number of rotatable bonds is 12. The zero-order chi connectivity index (χ0) is 18.5. The lowest BCUT2D eigenvalue weighted by Crippen LogP contribution is -2.49. The molecule has 0 fully saturated rings. The van der Waals surface area contributed by atoms with Crippen molar-refractivity contribution in [2.45, 2.75) is 64.3 Å². The van der Waals surface area contributed by atoms with Gasteiger partial charge in [0.2, 0.25) is 0 Å². The molecule has 1 atom stereocenters. The molecule has 1 aromatic rings. The summed E-state index contributed by atoms with van der Waals surface area (Å²) in [4.78, 5) is 11.4. The first-order chi connectivity index (χ1) is 12.0. The molecule has 0 aliphatic carbocycles. The van der Waals surface area contributed by atoms with Crippen LogP contribution < -0.4 is 10.1 Å². The van der Waals surface area contributed by atoms with Crippen molar-refractivity contribution >= 4 is 6.09 Å². The van der Waals surface area contributed by atoms with Gasteiger partial charge in [-0.05, 0) is 43.9 Å². The maximum absolute atomic E-state index is 11.4. The van der Waals surface area contributed by atoms with E-state index in [-0.39, 0.29) is 6.61 Å². The van der Waals surface area contributed by atoms with E-state index in [1.807, 2.05) is 24.3 Å². The van der Waals surface area contributed by atoms with Crippen LogP contribution in [0.1, 0.15) is 57.9 Å². The molecule has 142 valence electrons. The molecule has 5 nitrogen and oxygen atoms in total. The number of nitrogens with one attached hydrogen (secondary N) is 1. The van der Waals surface area contributed by atoms with Gasteiger partial charge in [0.25, 0.3) is 0 Å². The first-order valence-electron chi connectivity index (χ1n) is 9.21.